The van der Waals surface area contributed by atoms with Crippen molar-refractivity contribution in [1.82, 2.24) is 25.3 Å². The van der Waals surface area contributed by atoms with Crippen LogP contribution >= 0.6 is 0 Å². The maximum absolute atomic E-state index is 13.6. The molecule has 0 bridgehead atoms. The molecule has 6 heterocycles. The van der Waals surface area contributed by atoms with Gasteiger partial charge in [0.15, 0.2) is 5.82 Å². The predicted octanol–water partition coefficient (Wildman–Crippen LogP) is 5.88. The Labute approximate surface area is 380 Å². The van der Waals surface area contributed by atoms with Gasteiger partial charge in [-0.1, -0.05) is 36.4 Å². The number of nitrogens with two attached hydrogens (primary N) is 1. The Morgan fingerprint density at radius 2 is 1.65 bits per heavy atom. The number of phenols is 1. The summed E-state index contributed by atoms with van der Waals surface area (Å²) in [5.41, 5.74) is 12.5. The summed E-state index contributed by atoms with van der Waals surface area (Å²) < 4.78 is 13.0. The average molecular weight is 881 g/mol. The minimum atomic E-state index is -0.202. The first-order chi connectivity index (χ1) is 31.7. The van der Waals surface area contributed by atoms with Crippen LogP contribution in [0.4, 0.5) is 17.2 Å². The molecule has 4 saturated heterocycles. The predicted molar refractivity (Wildman–Crippen MR) is 247 cm³/mol. The summed E-state index contributed by atoms with van der Waals surface area (Å²) in [4.78, 5) is 47.1. The molecule has 11 rings (SSSR count). The minimum absolute atomic E-state index is 0.0335. The number of carbonyl (C=O) groups is 3. The van der Waals surface area contributed by atoms with Crippen LogP contribution in [0.5, 0.6) is 17.2 Å². The van der Waals surface area contributed by atoms with E-state index in [9.17, 15) is 19.5 Å². The van der Waals surface area contributed by atoms with E-state index in [1.54, 1.807) is 12.1 Å². The van der Waals surface area contributed by atoms with E-state index in [1.165, 1.54) is 11.1 Å². The lowest BCUT2D eigenvalue weighted by atomic mass is 9.35. The number of nitrogens with one attached hydrogen (secondary N) is 1. The summed E-state index contributed by atoms with van der Waals surface area (Å²) in [7, 11) is 0. The third-order valence-corrected chi connectivity index (χ3v) is 16.0. The van der Waals surface area contributed by atoms with Gasteiger partial charge in [0.25, 0.3) is 0 Å². The highest BCUT2D eigenvalue weighted by molar-refractivity contribution is 5.95. The van der Waals surface area contributed by atoms with Crippen molar-refractivity contribution in [3.8, 4) is 28.5 Å². The molecule has 0 radical (unpaired) electrons. The number of carbonyl (C=O) groups excluding carboxylic acids is 3. The first-order valence-corrected chi connectivity index (χ1v) is 24.0. The van der Waals surface area contributed by atoms with E-state index in [1.807, 2.05) is 23.1 Å². The van der Waals surface area contributed by atoms with Crippen LogP contribution in [0.25, 0.3) is 11.3 Å². The van der Waals surface area contributed by atoms with Gasteiger partial charge in [0.2, 0.25) is 17.7 Å². The lowest BCUT2D eigenvalue weighted by molar-refractivity contribution is -0.135. The lowest BCUT2D eigenvalue weighted by Crippen LogP contribution is -2.71. The van der Waals surface area contributed by atoms with Crippen LogP contribution in [0.1, 0.15) is 81.3 Å². The van der Waals surface area contributed by atoms with Gasteiger partial charge < -0.3 is 35.0 Å². The van der Waals surface area contributed by atoms with Crippen LogP contribution in [0.15, 0.2) is 72.8 Å². The van der Waals surface area contributed by atoms with E-state index >= 15 is 0 Å². The summed E-state index contributed by atoms with van der Waals surface area (Å²) in [5, 5.41) is 21.6. The van der Waals surface area contributed by atoms with Gasteiger partial charge in [-0.3, -0.25) is 24.6 Å². The second kappa shape index (κ2) is 17.2. The molecule has 14 heteroatoms. The number of ether oxygens (including phenoxy) is 2. The molecule has 65 heavy (non-hydrogen) atoms. The summed E-state index contributed by atoms with van der Waals surface area (Å²) in [6, 6.07) is 24.4. The van der Waals surface area contributed by atoms with Gasteiger partial charge in [-0.05, 0) is 128 Å². The molecule has 0 spiro atoms. The maximum Gasteiger partial charge on any atom is 0.236 e. The number of piperidine rings is 3. The number of phenolic OH excluding ortho intramolecular Hbond substituents is 1. The standard InChI is InChI=1S/C51H60N8O6/c52-50-43(26-41(54-55-50)40-9-1-2-12-44(40)60)58-29-33-27-51(28-34(30-58)48(33)51)35-6-3-8-38(24-35)65-37-16-20-57(21-17-37)47(63)31-56-18-14-32(15-19-56)39-10-5-11-42-49(39)64-23-22-59(42)36-7-4-13-45(61)53-46(62)25-36/h1-3,5-6,8-12,24,26,32-34,36-37,48,60H,4,7,13-23,25,27-31H2,(H2,52,55)(H,53,61,62)/t33-,34+,36?,48?,51?. The monoisotopic (exact) mass is 880 g/mol. The van der Waals surface area contributed by atoms with E-state index in [0.717, 1.165) is 107 Å². The number of benzene rings is 3. The zero-order chi connectivity index (χ0) is 44.2. The van der Waals surface area contributed by atoms with E-state index in [4.69, 9.17) is 15.2 Å². The summed E-state index contributed by atoms with van der Waals surface area (Å²) in [6.07, 6.45) is 8.18. The topological polar surface area (TPSA) is 167 Å². The molecule has 3 amide bonds. The zero-order valence-corrected chi connectivity index (χ0v) is 37.1. The fourth-order valence-electron chi connectivity index (χ4n) is 12.9. The second-order valence-corrected chi connectivity index (χ2v) is 19.8. The lowest BCUT2D eigenvalue weighted by Gasteiger charge is -2.71. The fourth-order valence-corrected chi connectivity index (χ4v) is 12.9. The molecule has 3 unspecified atom stereocenters. The van der Waals surface area contributed by atoms with E-state index < -0.39 is 0 Å². The van der Waals surface area contributed by atoms with Crippen LogP contribution in [0, 0.1) is 17.8 Å². The van der Waals surface area contributed by atoms with E-state index in [-0.39, 0.29) is 41.0 Å². The number of anilines is 3. The van der Waals surface area contributed by atoms with Crippen molar-refractivity contribution < 1.29 is 29.0 Å². The number of aromatic hydroxyl groups is 1. The second-order valence-electron chi connectivity index (χ2n) is 19.8. The number of aromatic nitrogens is 2. The molecule has 5 aliphatic heterocycles. The van der Waals surface area contributed by atoms with Gasteiger partial charge in [0.1, 0.15) is 30.0 Å². The molecular weight excluding hydrogens is 821 g/mol. The molecule has 4 aromatic rings. The van der Waals surface area contributed by atoms with Crippen molar-refractivity contribution in [3.05, 3.63) is 83.9 Å². The fraction of sp³-hybridized carbons (Fsp3) is 0.510. The van der Waals surface area contributed by atoms with Crippen LogP contribution in [-0.2, 0) is 19.8 Å². The smallest absolute Gasteiger partial charge is 0.236 e. The van der Waals surface area contributed by atoms with Crippen LogP contribution in [0.2, 0.25) is 0 Å². The first kappa shape index (κ1) is 41.8. The Morgan fingerprint density at radius 1 is 0.862 bits per heavy atom. The van der Waals surface area contributed by atoms with E-state index in [0.29, 0.717) is 79.8 Å². The molecule has 340 valence electrons. The minimum Gasteiger partial charge on any atom is -0.507 e. The molecule has 2 saturated carbocycles. The van der Waals surface area contributed by atoms with Gasteiger partial charge in [0, 0.05) is 63.5 Å². The van der Waals surface area contributed by atoms with Crippen LogP contribution < -0.4 is 30.3 Å². The normalized spacial score (nSPS) is 27.2. The number of nitrogen functional groups attached to an aromatic ring is 1. The van der Waals surface area contributed by atoms with Crippen LogP contribution in [0.3, 0.4) is 0 Å². The Bertz CT molecular complexity index is 2450. The van der Waals surface area contributed by atoms with Crippen molar-refractivity contribution in [1.29, 1.82) is 0 Å². The maximum atomic E-state index is 13.6. The molecule has 1 aromatic heterocycles. The Kier molecular flexibility index (Phi) is 11.0. The quantitative estimate of drug-likeness (QED) is 0.171. The van der Waals surface area contributed by atoms with Gasteiger partial charge in [-0.15, -0.1) is 10.2 Å². The third-order valence-electron chi connectivity index (χ3n) is 16.0. The van der Waals surface area contributed by atoms with Crippen molar-refractivity contribution in [2.45, 2.75) is 87.7 Å². The highest BCUT2D eigenvalue weighted by Gasteiger charge is 2.67. The number of rotatable bonds is 9. The summed E-state index contributed by atoms with van der Waals surface area (Å²) in [6.45, 7) is 6.74. The van der Waals surface area contributed by atoms with Gasteiger partial charge in [-0.2, -0.15) is 0 Å². The van der Waals surface area contributed by atoms with Crippen LogP contribution in [-0.4, -0.2) is 114 Å². The van der Waals surface area contributed by atoms with Crippen molar-refractivity contribution >= 4 is 34.9 Å². The number of likely N-dealkylation sites (tertiary alicyclic amines) is 2. The van der Waals surface area contributed by atoms with Crippen molar-refractivity contribution in [2.24, 2.45) is 17.8 Å². The number of imide groups is 1. The van der Waals surface area contributed by atoms with Gasteiger partial charge >= 0.3 is 0 Å². The molecule has 5 atom stereocenters. The largest absolute Gasteiger partial charge is 0.507 e. The van der Waals surface area contributed by atoms with E-state index in [2.05, 4.69) is 72.7 Å². The number of hydrogen-bond acceptors (Lipinski definition) is 12. The summed E-state index contributed by atoms with van der Waals surface area (Å²) >= 11 is 0. The van der Waals surface area contributed by atoms with Gasteiger partial charge in [-0.25, -0.2) is 0 Å². The molecule has 3 aromatic carbocycles. The van der Waals surface area contributed by atoms with Gasteiger partial charge in [0.05, 0.1) is 30.2 Å². The number of nitrogens with zero attached hydrogens (tertiary/aromatic N) is 6. The number of hydrogen-bond donors (Lipinski definition) is 3. The first-order valence-electron chi connectivity index (χ1n) is 24.0. The number of para-hydroxylation sites is 2. The molecule has 7 aliphatic rings. The number of amides is 3. The molecule has 2 aliphatic carbocycles. The molecular formula is C51H60N8O6. The Hall–Kier alpha value is -5.89. The zero-order valence-electron chi connectivity index (χ0n) is 37.1. The number of fused-ring (bicyclic) bond motifs is 1. The van der Waals surface area contributed by atoms with Crippen molar-refractivity contribution in [2.75, 3.05) is 74.5 Å². The highest BCUT2D eigenvalue weighted by Crippen LogP contribution is 2.70. The Balaban J connectivity index is 0.649. The van der Waals surface area contributed by atoms with Crippen molar-refractivity contribution in [3.63, 3.8) is 0 Å². The molecule has 14 nitrogen and oxygen atoms in total. The average Bonchev–Trinajstić information content (AvgIpc) is 3.29. The molecule has 4 N–H and O–H groups in total. The summed E-state index contributed by atoms with van der Waals surface area (Å²) in [5.74, 6) is 4.45. The SMILES string of the molecule is Nc1nnc(-c2ccccc2O)cc1N1C[C@@H]2CC3(c4cccc(OC5CCN(C(=O)CN6CCC(c7cccc8c7OCCN8C7CCCC(=O)NC(=O)C7)CC6)CC5)c4)C[C@H](C1)C23. The third kappa shape index (κ3) is 7.91. The Morgan fingerprint density at radius 3 is 2.45 bits per heavy atom. The highest BCUT2D eigenvalue weighted by atomic mass is 16.5. The molecule has 6 fully saturated rings.